The highest BCUT2D eigenvalue weighted by molar-refractivity contribution is 5.98. The van der Waals surface area contributed by atoms with E-state index in [0.717, 1.165) is 56.6 Å². The van der Waals surface area contributed by atoms with Crippen LogP contribution in [0.1, 0.15) is 65.0 Å². The largest absolute Gasteiger partial charge is 0.481 e. The van der Waals surface area contributed by atoms with E-state index in [1.54, 1.807) is 19.9 Å². The van der Waals surface area contributed by atoms with Crippen molar-refractivity contribution in [2.75, 3.05) is 25.6 Å². The Morgan fingerprint density at radius 3 is 2.78 bits per heavy atom. The number of nitrogens with zero attached hydrogens (tertiary/aromatic N) is 2. The summed E-state index contributed by atoms with van der Waals surface area (Å²) in [6.07, 6.45) is 6.60. The van der Waals surface area contributed by atoms with Gasteiger partial charge in [0.25, 0.3) is 5.91 Å². The molecule has 1 atom stereocenters. The molecule has 0 aromatic carbocycles. The molecule has 1 fully saturated rings. The zero-order valence-corrected chi connectivity index (χ0v) is 21.3. The summed E-state index contributed by atoms with van der Waals surface area (Å²) in [5.74, 6) is 0.524. The van der Waals surface area contributed by atoms with E-state index in [1.165, 1.54) is 12.7 Å². The van der Waals surface area contributed by atoms with Gasteiger partial charge in [-0.05, 0) is 75.5 Å². The molecular weight excluding hydrogens is 460 g/mol. The van der Waals surface area contributed by atoms with E-state index in [2.05, 4.69) is 27.8 Å². The van der Waals surface area contributed by atoms with Crippen LogP contribution in [-0.2, 0) is 22.4 Å². The quantitative estimate of drug-likeness (QED) is 0.432. The Morgan fingerprint density at radius 2 is 2.06 bits per heavy atom. The Labute approximate surface area is 212 Å². The molecule has 2 aromatic rings. The standard InChI is InChI=1S/C27H36N4O5/c1-16-13-23(35-3)29-17(2)24(16)26(32)31-22(27(33)34)10-12-36-21-14-18(15-21)6-8-20-9-7-19-5-4-11-28-25(19)30-20/h7,9,13,18,21-22H,4-6,8,10-12,14-15H2,1-3H3,(H,28,30)(H,31,32)(H,33,34)/t18-,21+,22-/m0/s1. The second-order valence-electron chi connectivity index (χ2n) is 9.80. The first kappa shape index (κ1) is 25.9. The van der Waals surface area contributed by atoms with E-state index in [4.69, 9.17) is 14.5 Å². The molecule has 1 amide bonds. The van der Waals surface area contributed by atoms with E-state index in [9.17, 15) is 14.7 Å². The number of rotatable bonds is 11. The summed E-state index contributed by atoms with van der Waals surface area (Å²) in [5.41, 5.74) is 3.98. The smallest absolute Gasteiger partial charge is 0.326 e. The summed E-state index contributed by atoms with van der Waals surface area (Å²) in [4.78, 5) is 33.5. The Kier molecular flexibility index (Phi) is 8.40. The van der Waals surface area contributed by atoms with Gasteiger partial charge in [0.05, 0.1) is 24.5 Å². The number of aryl methyl sites for hydroxylation is 4. The van der Waals surface area contributed by atoms with Gasteiger partial charge < -0.3 is 25.2 Å². The molecule has 1 aliphatic heterocycles. The predicted molar refractivity (Wildman–Crippen MR) is 136 cm³/mol. The normalized spacial score (nSPS) is 19.4. The number of ether oxygens (including phenoxy) is 2. The average molecular weight is 497 g/mol. The lowest BCUT2D eigenvalue weighted by Gasteiger charge is -2.35. The number of fused-ring (bicyclic) bond motifs is 1. The molecule has 2 aliphatic rings. The fourth-order valence-electron chi connectivity index (χ4n) is 4.99. The van der Waals surface area contributed by atoms with Crippen molar-refractivity contribution in [2.24, 2.45) is 5.92 Å². The van der Waals surface area contributed by atoms with Gasteiger partial charge in [-0.1, -0.05) is 6.07 Å². The van der Waals surface area contributed by atoms with Crippen molar-refractivity contribution in [3.63, 3.8) is 0 Å². The molecule has 1 saturated carbocycles. The van der Waals surface area contributed by atoms with Crippen LogP contribution in [0.25, 0.3) is 0 Å². The first-order valence-corrected chi connectivity index (χ1v) is 12.7. The predicted octanol–water partition coefficient (Wildman–Crippen LogP) is 3.46. The summed E-state index contributed by atoms with van der Waals surface area (Å²) in [6, 6.07) is 4.97. The molecule has 36 heavy (non-hydrogen) atoms. The van der Waals surface area contributed by atoms with Crippen molar-refractivity contribution in [3.05, 3.63) is 46.3 Å². The number of carboxylic acid groups (broad SMARTS) is 1. The molecule has 2 aromatic heterocycles. The molecule has 3 N–H and O–H groups in total. The minimum Gasteiger partial charge on any atom is -0.481 e. The zero-order valence-electron chi connectivity index (χ0n) is 21.3. The Morgan fingerprint density at radius 1 is 1.25 bits per heavy atom. The van der Waals surface area contributed by atoms with Crippen molar-refractivity contribution in [3.8, 4) is 5.88 Å². The van der Waals surface area contributed by atoms with Gasteiger partial charge in [0.15, 0.2) is 0 Å². The van der Waals surface area contributed by atoms with Crippen LogP contribution >= 0.6 is 0 Å². The number of nitrogens with one attached hydrogen (secondary N) is 2. The van der Waals surface area contributed by atoms with Gasteiger partial charge in [-0.2, -0.15) is 0 Å². The van der Waals surface area contributed by atoms with E-state index >= 15 is 0 Å². The highest BCUT2D eigenvalue weighted by Gasteiger charge is 2.30. The molecule has 3 heterocycles. The molecule has 0 spiro atoms. The van der Waals surface area contributed by atoms with Crippen LogP contribution in [0.15, 0.2) is 18.2 Å². The molecule has 9 nitrogen and oxygen atoms in total. The van der Waals surface area contributed by atoms with Crippen LogP contribution in [0.4, 0.5) is 5.82 Å². The van der Waals surface area contributed by atoms with Gasteiger partial charge in [-0.3, -0.25) is 4.79 Å². The van der Waals surface area contributed by atoms with E-state index < -0.39 is 17.9 Å². The number of carbonyl (C=O) groups excluding carboxylic acids is 1. The molecular formula is C27H36N4O5. The molecule has 4 rings (SSSR count). The second kappa shape index (κ2) is 11.7. The van der Waals surface area contributed by atoms with Gasteiger partial charge in [0, 0.05) is 31.3 Å². The molecule has 0 unspecified atom stereocenters. The molecule has 9 heteroatoms. The monoisotopic (exact) mass is 496 g/mol. The summed E-state index contributed by atoms with van der Waals surface area (Å²) >= 11 is 0. The van der Waals surface area contributed by atoms with Crippen molar-refractivity contribution in [1.29, 1.82) is 0 Å². The summed E-state index contributed by atoms with van der Waals surface area (Å²) in [5, 5.41) is 15.6. The third-order valence-electron chi connectivity index (χ3n) is 7.13. The lowest BCUT2D eigenvalue weighted by Crippen LogP contribution is -2.42. The number of methoxy groups -OCH3 is 1. The summed E-state index contributed by atoms with van der Waals surface area (Å²) in [7, 11) is 1.51. The van der Waals surface area contributed by atoms with E-state index in [1.807, 2.05) is 0 Å². The fourth-order valence-corrected chi connectivity index (χ4v) is 4.99. The highest BCUT2D eigenvalue weighted by atomic mass is 16.5. The van der Waals surface area contributed by atoms with Crippen LogP contribution in [0.2, 0.25) is 0 Å². The minimum atomic E-state index is -1.08. The van der Waals surface area contributed by atoms with Gasteiger partial charge in [-0.15, -0.1) is 0 Å². The molecule has 0 bridgehead atoms. The maximum absolute atomic E-state index is 12.8. The maximum Gasteiger partial charge on any atom is 0.326 e. The fraction of sp³-hybridized carbons (Fsp3) is 0.556. The summed E-state index contributed by atoms with van der Waals surface area (Å²) < 4.78 is 11.0. The number of hydrogen-bond donors (Lipinski definition) is 3. The number of carboxylic acids is 1. The van der Waals surface area contributed by atoms with Crippen molar-refractivity contribution >= 4 is 17.7 Å². The van der Waals surface area contributed by atoms with Crippen LogP contribution in [0, 0.1) is 19.8 Å². The first-order chi connectivity index (χ1) is 17.3. The maximum atomic E-state index is 12.8. The number of carbonyl (C=O) groups is 2. The minimum absolute atomic E-state index is 0.147. The van der Waals surface area contributed by atoms with Gasteiger partial charge in [0.1, 0.15) is 11.9 Å². The number of pyridine rings is 2. The second-order valence-corrected chi connectivity index (χ2v) is 9.80. The lowest BCUT2D eigenvalue weighted by atomic mass is 9.79. The molecule has 0 radical (unpaired) electrons. The SMILES string of the molecule is COc1cc(C)c(C(=O)N[C@@H](CCO[C@H]2C[C@@H](CCc3ccc4c(n3)NCCC4)C2)C(=O)O)c(C)n1. The van der Waals surface area contributed by atoms with Crippen LogP contribution in [0.5, 0.6) is 5.88 Å². The first-order valence-electron chi connectivity index (χ1n) is 12.7. The molecule has 194 valence electrons. The number of aromatic nitrogens is 2. The van der Waals surface area contributed by atoms with Crippen molar-refractivity contribution in [1.82, 2.24) is 15.3 Å². The zero-order chi connectivity index (χ0) is 25.7. The average Bonchev–Trinajstić information content (AvgIpc) is 2.83. The van der Waals surface area contributed by atoms with Crippen molar-refractivity contribution < 1.29 is 24.2 Å². The Bertz CT molecular complexity index is 1080. The van der Waals surface area contributed by atoms with E-state index in [-0.39, 0.29) is 19.1 Å². The lowest BCUT2D eigenvalue weighted by molar-refractivity contribution is -0.140. The van der Waals surface area contributed by atoms with E-state index in [0.29, 0.717) is 28.6 Å². The van der Waals surface area contributed by atoms with Crippen LogP contribution in [0.3, 0.4) is 0 Å². The topological polar surface area (TPSA) is 123 Å². The van der Waals surface area contributed by atoms with Crippen LogP contribution in [-0.4, -0.2) is 59.4 Å². The Balaban J connectivity index is 1.18. The number of amides is 1. The Hall–Kier alpha value is -3.20. The highest BCUT2D eigenvalue weighted by Crippen LogP contribution is 2.34. The van der Waals surface area contributed by atoms with Gasteiger partial charge in [-0.25, -0.2) is 14.8 Å². The van der Waals surface area contributed by atoms with Gasteiger partial charge in [0.2, 0.25) is 5.88 Å². The van der Waals surface area contributed by atoms with Gasteiger partial charge >= 0.3 is 5.97 Å². The molecule has 1 aliphatic carbocycles. The summed E-state index contributed by atoms with van der Waals surface area (Å²) in [6.45, 7) is 4.76. The number of aliphatic carboxylic acids is 1. The number of anilines is 1. The third-order valence-corrected chi connectivity index (χ3v) is 7.13. The molecule has 0 saturated heterocycles. The third kappa shape index (κ3) is 6.32. The number of hydrogen-bond acceptors (Lipinski definition) is 7. The van der Waals surface area contributed by atoms with Crippen LogP contribution < -0.4 is 15.4 Å². The van der Waals surface area contributed by atoms with Crippen molar-refractivity contribution in [2.45, 2.75) is 70.9 Å².